The van der Waals surface area contributed by atoms with Gasteiger partial charge in [-0.3, -0.25) is 4.68 Å². The lowest BCUT2D eigenvalue weighted by Crippen LogP contribution is -2.28. The van der Waals surface area contributed by atoms with Gasteiger partial charge in [-0.1, -0.05) is 12.1 Å². The summed E-state index contributed by atoms with van der Waals surface area (Å²) in [6, 6.07) is 5.76. The highest BCUT2D eigenvalue weighted by Gasteiger charge is 2.05. The van der Waals surface area contributed by atoms with Crippen LogP contribution in [0.4, 0.5) is 10.5 Å². The predicted octanol–water partition coefficient (Wildman–Crippen LogP) is 2.36. The van der Waals surface area contributed by atoms with Gasteiger partial charge in [0.05, 0.1) is 6.20 Å². The number of carbonyl (C=O) groups is 1. The number of benzene rings is 1. The first kappa shape index (κ1) is 13.1. The summed E-state index contributed by atoms with van der Waals surface area (Å²) in [5, 5.41) is 9.70. The Bertz CT molecular complexity index is 589. The van der Waals surface area contributed by atoms with Crippen LogP contribution < -0.4 is 10.6 Å². The summed E-state index contributed by atoms with van der Waals surface area (Å²) < 4.78 is 1.71. The highest BCUT2D eigenvalue weighted by Crippen LogP contribution is 2.16. The molecule has 0 saturated heterocycles. The van der Waals surface area contributed by atoms with Crippen LogP contribution in [0, 0.1) is 13.8 Å². The van der Waals surface area contributed by atoms with Crippen molar-refractivity contribution in [3.63, 3.8) is 0 Å². The third kappa shape index (κ3) is 3.58. The van der Waals surface area contributed by atoms with Crippen molar-refractivity contribution < 1.29 is 4.79 Å². The van der Waals surface area contributed by atoms with Crippen LogP contribution in [0.2, 0.25) is 0 Å². The van der Waals surface area contributed by atoms with E-state index in [1.165, 1.54) is 0 Å². The Morgan fingerprint density at radius 3 is 2.84 bits per heavy atom. The summed E-state index contributed by atoms with van der Waals surface area (Å²) in [7, 11) is 1.85. The largest absolute Gasteiger partial charge is 0.334 e. The molecule has 5 heteroatoms. The SMILES string of the molecule is Cc1ccc(C)c(NC(=O)NCc2cnn(C)c2)c1. The Morgan fingerprint density at radius 1 is 1.37 bits per heavy atom. The first-order chi connectivity index (χ1) is 9.04. The van der Waals surface area contributed by atoms with E-state index in [0.717, 1.165) is 22.4 Å². The number of rotatable bonds is 3. The molecule has 100 valence electrons. The van der Waals surface area contributed by atoms with E-state index in [-0.39, 0.29) is 6.03 Å². The molecule has 0 aliphatic rings. The maximum Gasteiger partial charge on any atom is 0.319 e. The van der Waals surface area contributed by atoms with Gasteiger partial charge in [0.2, 0.25) is 0 Å². The van der Waals surface area contributed by atoms with E-state index in [1.54, 1.807) is 10.9 Å². The van der Waals surface area contributed by atoms with Gasteiger partial charge < -0.3 is 10.6 Å². The molecule has 0 aliphatic heterocycles. The van der Waals surface area contributed by atoms with Crippen molar-refractivity contribution in [2.75, 3.05) is 5.32 Å². The van der Waals surface area contributed by atoms with E-state index in [0.29, 0.717) is 6.54 Å². The zero-order chi connectivity index (χ0) is 13.8. The topological polar surface area (TPSA) is 59.0 Å². The lowest BCUT2D eigenvalue weighted by molar-refractivity contribution is 0.251. The average molecular weight is 258 g/mol. The molecule has 19 heavy (non-hydrogen) atoms. The van der Waals surface area contributed by atoms with Gasteiger partial charge in [-0.2, -0.15) is 5.10 Å². The smallest absolute Gasteiger partial charge is 0.319 e. The minimum absolute atomic E-state index is 0.211. The molecule has 2 aromatic rings. The van der Waals surface area contributed by atoms with Crippen molar-refractivity contribution in [2.24, 2.45) is 7.05 Å². The van der Waals surface area contributed by atoms with Crippen LogP contribution in [0.15, 0.2) is 30.6 Å². The van der Waals surface area contributed by atoms with Crippen molar-refractivity contribution in [1.29, 1.82) is 0 Å². The fraction of sp³-hybridized carbons (Fsp3) is 0.286. The van der Waals surface area contributed by atoms with Crippen LogP contribution in [0.5, 0.6) is 0 Å². The fourth-order valence-corrected chi connectivity index (χ4v) is 1.78. The maximum atomic E-state index is 11.8. The van der Waals surface area contributed by atoms with Gasteiger partial charge in [0.1, 0.15) is 0 Å². The standard InChI is InChI=1S/C14H18N4O/c1-10-4-5-11(2)13(6-10)17-14(19)15-7-12-8-16-18(3)9-12/h4-6,8-9H,7H2,1-3H3,(H2,15,17,19). The van der Waals surface area contributed by atoms with Crippen LogP contribution in [-0.4, -0.2) is 15.8 Å². The molecular weight excluding hydrogens is 240 g/mol. The number of nitrogens with zero attached hydrogens (tertiary/aromatic N) is 2. The highest BCUT2D eigenvalue weighted by molar-refractivity contribution is 5.90. The zero-order valence-corrected chi connectivity index (χ0v) is 11.4. The molecule has 1 heterocycles. The fourth-order valence-electron chi connectivity index (χ4n) is 1.78. The summed E-state index contributed by atoms with van der Waals surface area (Å²) in [6.45, 7) is 4.43. The number of anilines is 1. The van der Waals surface area contributed by atoms with E-state index >= 15 is 0 Å². The molecule has 0 unspecified atom stereocenters. The van der Waals surface area contributed by atoms with Crippen LogP contribution in [0.25, 0.3) is 0 Å². The molecule has 1 aromatic carbocycles. The summed E-state index contributed by atoms with van der Waals surface area (Å²) in [4.78, 5) is 11.8. The highest BCUT2D eigenvalue weighted by atomic mass is 16.2. The minimum Gasteiger partial charge on any atom is -0.334 e. The lowest BCUT2D eigenvalue weighted by atomic mass is 10.1. The summed E-state index contributed by atoms with van der Waals surface area (Å²) in [6.07, 6.45) is 3.61. The van der Waals surface area contributed by atoms with Crippen LogP contribution in [0.3, 0.4) is 0 Å². The van der Waals surface area contributed by atoms with Crippen molar-refractivity contribution >= 4 is 11.7 Å². The first-order valence-electron chi connectivity index (χ1n) is 6.14. The van der Waals surface area contributed by atoms with Crippen molar-refractivity contribution in [1.82, 2.24) is 15.1 Å². The zero-order valence-electron chi connectivity index (χ0n) is 11.4. The molecule has 0 atom stereocenters. The van der Waals surface area contributed by atoms with E-state index in [1.807, 2.05) is 45.3 Å². The lowest BCUT2D eigenvalue weighted by Gasteiger charge is -2.10. The average Bonchev–Trinajstić information content (AvgIpc) is 2.77. The molecule has 0 aliphatic carbocycles. The van der Waals surface area contributed by atoms with E-state index in [4.69, 9.17) is 0 Å². The monoisotopic (exact) mass is 258 g/mol. The Labute approximate surface area is 112 Å². The normalized spacial score (nSPS) is 10.3. The molecule has 1 aromatic heterocycles. The Hall–Kier alpha value is -2.30. The molecular formula is C14H18N4O. The third-order valence-electron chi connectivity index (χ3n) is 2.85. The second-order valence-electron chi connectivity index (χ2n) is 4.65. The van der Waals surface area contributed by atoms with Crippen molar-refractivity contribution in [3.8, 4) is 0 Å². The number of hydrogen-bond acceptors (Lipinski definition) is 2. The van der Waals surface area contributed by atoms with Gasteiger partial charge in [0, 0.05) is 31.0 Å². The molecule has 0 spiro atoms. The molecule has 5 nitrogen and oxygen atoms in total. The van der Waals surface area contributed by atoms with Crippen LogP contribution in [0.1, 0.15) is 16.7 Å². The van der Waals surface area contributed by atoms with Crippen molar-refractivity contribution in [2.45, 2.75) is 20.4 Å². The number of nitrogens with one attached hydrogen (secondary N) is 2. The van der Waals surface area contributed by atoms with Crippen LogP contribution >= 0.6 is 0 Å². The molecule has 2 N–H and O–H groups in total. The van der Waals surface area contributed by atoms with Gasteiger partial charge in [-0.25, -0.2) is 4.79 Å². The number of hydrogen-bond donors (Lipinski definition) is 2. The molecule has 0 saturated carbocycles. The molecule has 2 amide bonds. The van der Waals surface area contributed by atoms with Crippen molar-refractivity contribution in [3.05, 3.63) is 47.3 Å². The predicted molar refractivity (Wildman–Crippen MR) is 75.0 cm³/mol. The summed E-state index contributed by atoms with van der Waals surface area (Å²) in [5.74, 6) is 0. The number of amides is 2. The van der Waals surface area contributed by atoms with Gasteiger partial charge in [-0.15, -0.1) is 0 Å². The Balaban J connectivity index is 1.92. The first-order valence-corrected chi connectivity index (χ1v) is 6.14. The van der Waals surface area contributed by atoms with Gasteiger partial charge >= 0.3 is 6.03 Å². The maximum absolute atomic E-state index is 11.8. The molecule has 2 rings (SSSR count). The number of carbonyl (C=O) groups excluding carboxylic acids is 1. The Kier molecular flexibility index (Phi) is 3.85. The molecule has 0 radical (unpaired) electrons. The second kappa shape index (κ2) is 5.56. The van der Waals surface area contributed by atoms with Crippen LogP contribution in [-0.2, 0) is 13.6 Å². The second-order valence-corrected chi connectivity index (χ2v) is 4.65. The number of aryl methyl sites for hydroxylation is 3. The van der Waals surface area contributed by atoms with E-state index in [9.17, 15) is 4.79 Å². The third-order valence-corrected chi connectivity index (χ3v) is 2.85. The number of aromatic nitrogens is 2. The minimum atomic E-state index is -0.211. The van der Waals surface area contributed by atoms with Gasteiger partial charge in [0.15, 0.2) is 0 Å². The molecule has 0 bridgehead atoms. The van der Waals surface area contributed by atoms with E-state index < -0.39 is 0 Å². The molecule has 0 fully saturated rings. The summed E-state index contributed by atoms with van der Waals surface area (Å²) in [5.41, 5.74) is 3.97. The number of urea groups is 1. The van der Waals surface area contributed by atoms with E-state index in [2.05, 4.69) is 15.7 Å². The Morgan fingerprint density at radius 2 is 2.16 bits per heavy atom. The van der Waals surface area contributed by atoms with Gasteiger partial charge in [-0.05, 0) is 31.0 Å². The quantitative estimate of drug-likeness (QED) is 0.888. The van der Waals surface area contributed by atoms with Gasteiger partial charge in [0.25, 0.3) is 0 Å². The summed E-state index contributed by atoms with van der Waals surface area (Å²) >= 11 is 0.